The van der Waals surface area contributed by atoms with Crippen molar-refractivity contribution in [2.24, 2.45) is 5.92 Å². The number of carbonyl (C=O) groups is 2. The molecule has 0 bridgehead atoms. The number of para-hydroxylation sites is 2. The van der Waals surface area contributed by atoms with Crippen LogP contribution in [0.2, 0.25) is 0 Å². The quantitative estimate of drug-likeness (QED) is 0.533. The summed E-state index contributed by atoms with van der Waals surface area (Å²) in [7, 11) is 3.18. The number of hydrogen-bond donors (Lipinski definition) is 2. The van der Waals surface area contributed by atoms with E-state index in [1.165, 1.54) is 11.3 Å². The first-order valence-electron chi connectivity index (χ1n) is 9.85. The summed E-state index contributed by atoms with van der Waals surface area (Å²) in [4.78, 5) is 31.0. The Balaban J connectivity index is 2.02. The van der Waals surface area contributed by atoms with Gasteiger partial charge < -0.3 is 25.0 Å². The highest BCUT2D eigenvalue weighted by Crippen LogP contribution is 2.28. The van der Waals surface area contributed by atoms with E-state index in [1.807, 2.05) is 38.1 Å². The Hall–Kier alpha value is -2.65. The minimum atomic E-state index is -0.229. The molecular formula is C21H30N4O4S. The van der Waals surface area contributed by atoms with E-state index >= 15 is 0 Å². The van der Waals surface area contributed by atoms with Crippen LogP contribution in [0.1, 0.15) is 30.8 Å². The molecule has 0 atom stereocenters. The highest BCUT2D eigenvalue weighted by atomic mass is 32.1. The summed E-state index contributed by atoms with van der Waals surface area (Å²) in [6, 6.07) is 7.49. The molecule has 0 radical (unpaired) electrons. The van der Waals surface area contributed by atoms with Crippen molar-refractivity contribution in [1.29, 1.82) is 0 Å². The van der Waals surface area contributed by atoms with Gasteiger partial charge in [-0.25, -0.2) is 4.98 Å². The number of rotatable bonds is 12. The number of ether oxygens (including phenoxy) is 2. The molecule has 8 nitrogen and oxygen atoms in total. The van der Waals surface area contributed by atoms with Crippen LogP contribution in [0.15, 0.2) is 29.6 Å². The van der Waals surface area contributed by atoms with Gasteiger partial charge >= 0.3 is 0 Å². The maximum atomic E-state index is 12.9. The summed E-state index contributed by atoms with van der Waals surface area (Å²) >= 11 is 1.33. The maximum Gasteiger partial charge on any atom is 0.273 e. The number of nitrogens with one attached hydrogen (secondary N) is 2. The maximum absolute atomic E-state index is 12.9. The second kappa shape index (κ2) is 12.1. The Labute approximate surface area is 181 Å². The highest BCUT2D eigenvalue weighted by molar-refractivity contribution is 7.14. The van der Waals surface area contributed by atoms with E-state index in [-0.39, 0.29) is 18.2 Å². The van der Waals surface area contributed by atoms with Gasteiger partial charge in [0.25, 0.3) is 5.91 Å². The van der Waals surface area contributed by atoms with Crippen LogP contribution in [0, 0.1) is 5.92 Å². The number of methoxy groups -OCH3 is 2. The topological polar surface area (TPSA) is 92.8 Å². The van der Waals surface area contributed by atoms with Gasteiger partial charge in [-0.15, -0.1) is 11.3 Å². The summed E-state index contributed by atoms with van der Waals surface area (Å²) in [5.74, 6) is 0.766. The molecule has 0 aliphatic rings. The van der Waals surface area contributed by atoms with Crippen LogP contribution in [0.3, 0.4) is 0 Å². The van der Waals surface area contributed by atoms with Gasteiger partial charge in [-0.3, -0.25) is 9.59 Å². The number of amides is 2. The molecule has 1 heterocycles. The molecule has 2 aromatic rings. The third-order valence-electron chi connectivity index (χ3n) is 4.24. The predicted molar refractivity (Wildman–Crippen MR) is 119 cm³/mol. The van der Waals surface area contributed by atoms with E-state index in [0.717, 1.165) is 5.69 Å². The standard InChI is InChI=1S/C21H30N4O4S/c1-15(2)13-22-19(26)9-10-25(11-12-28-3)20(27)17-14-30-21(24-17)23-16-7-5-6-8-18(16)29-4/h5-8,14-15H,9-13H2,1-4H3,(H,22,26)(H,23,24). The van der Waals surface area contributed by atoms with E-state index in [2.05, 4.69) is 15.6 Å². The zero-order chi connectivity index (χ0) is 21.9. The second-order valence-electron chi connectivity index (χ2n) is 7.10. The minimum Gasteiger partial charge on any atom is -0.495 e. The summed E-state index contributed by atoms with van der Waals surface area (Å²) in [6.07, 6.45) is 0.235. The van der Waals surface area contributed by atoms with Crippen molar-refractivity contribution in [3.63, 3.8) is 0 Å². The number of thiazole rings is 1. The first kappa shape index (κ1) is 23.6. The lowest BCUT2D eigenvalue weighted by Gasteiger charge is -2.21. The van der Waals surface area contributed by atoms with Crippen LogP contribution in [0.5, 0.6) is 5.75 Å². The monoisotopic (exact) mass is 434 g/mol. The zero-order valence-electron chi connectivity index (χ0n) is 17.9. The zero-order valence-corrected chi connectivity index (χ0v) is 18.8. The molecule has 0 spiro atoms. The van der Waals surface area contributed by atoms with Crippen molar-refractivity contribution in [1.82, 2.24) is 15.2 Å². The summed E-state index contributed by atoms with van der Waals surface area (Å²) < 4.78 is 10.4. The Kier molecular flexibility index (Phi) is 9.56. The fraction of sp³-hybridized carbons (Fsp3) is 0.476. The summed E-state index contributed by atoms with van der Waals surface area (Å²) in [5, 5.41) is 8.35. The van der Waals surface area contributed by atoms with Crippen molar-refractivity contribution in [3.8, 4) is 5.75 Å². The van der Waals surface area contributed by atoms with Crippen LogP contribution in [-0.2, 0) is 9.53 Å². The predicted octanol–water partition coefficient (Wildman–Crippen LogP) is 3.15. The van der Waals surface area contributed by atoms with Crippen molar-refractivity contribution in [2.45, 2.75) is 20.3 Å². The Morgan fingerprint density at radius 1 is 1.20 bits per heavy atom. The third kappa shape index (κ3) is 7.31. The van der Waals surface area contributed by atoms with Crippen LogP contribution >= 0.6 is 11.3 Å². The van der Waals surface area contributed by atoms with E-state index in [9.17, 15) is 9.59 Å². The average Bonchev–Trinajstić information content (AvgIpc) is 3.20. The van der Waals surface area contributed by atoms with Crippen LogP contribution in [0.25, 0.3) is 0 Å². The number of nitrogens with zero attached hydrogens (tertiary/aromatic N) is 2. The van der Waals surface area contributed by atoms with Gasteiger partial charge in [-0.05, 0) is 18.1 Å². The lowest BCUT2D eigenvalue weighted by molar-refractivity contribution is -0.121. The van der Waals surface area contributed by atoms with Crippen molar-refractivity contribution < 1.29 is 19.1 Å². The minimum absolute atomic E-state index is 0.0734. The first-order chi connectivity index (χ1) is 14.4. The summed E-state index contributed by atoms with van der Waals surface area (Å²) in [5.41, 5.74) is 1.10. The first-order valence-corrected chi connectivity index (χ1v) is 10.7. The van der Waals surface area contributed by atoms with Gasteiger partial charge in [0.15, 0.2) is 5.13 Å². The molecule has 2 amide bonds. The molecule has 0 saturated carbocycles. The van der Waals surface area contributed by atoms with E-state index in [0.29, 0.717) is 48.7 Å². The fourth-order valence-electron chi connectivity index (χ4n) is 2.61. The lowest BCUT2D eigenvalue weighted by atomic mass is 10.2. The molecule has 0 unspecified atom stereocenters. The molecule has 2 N–H and O–H groups in total. The largest absolute Gasteiger partial charge is 0.495 e. The third-order valence-corrected chi connectivity index (χ3v) is 5.00. The summed E-state index contributed by atoms with van der Waals surface area (Å²) in [6.45, 7) is 5.77. The van der Waals surface area contributed by atoms with Crippen LogP contribution in [-0.4, -0.2) is 62.2 Å². The average molecular weight is 435 g/mol. The Morgan fingerprint density at radius 3 is 2.67 bits per heavy atom. The molecule has 1 aromatic carbocycles. The second-order valence-corrected chi connectivity index (χ2v) is 7.95. The molecule has 0 aliphatic carbocycles. The number of aromatic nitrogens is 1. The number of anilines is 2. The van der Waals surface area contributed by atoms with Crippen LogP contribution in [0.4, 0.5) is 10.8 Å². The highest BCUT2D eigenvalue weighted by Gasteiger charge is 2.20. The van der Waals surface area contributed by atoms with Gasteiger partial charge in [-0.2, -0.15) is 0 Å². The van der Waals surface area contributed by atoms with Crippen molar-refractivity contribution in [2.75, 3.05) is 45.8 Å². The Bertz CT molecular complexity index is 825. The SMILES string of the molecule is COCCN(CCC(=O)NCC(C)C)C(=O)c1csc(Nc2ccccc2OC)n1. The molecular weight excluding hydrogens is 404 g/mol. The van der Waals surface area contributed by atoms with E-state index in [4.69, 9.17) is 9.47 Å². The molecule has 30 heavy (non-hydrogen) atoms. The normalized spacial score (nSPS) is 10.7. The fourth-order valence-corrected chi connectivity index (χ4v) is 3.31. The number of carbonyl (C=O) groups excluding carboxylic acids is 2. The van der Waals surface area contributed by atoms with Crippen molar-refractivity contribution >= 4 is 34.0 Å². The van der Waals surface area contributed by atoms with Gasteiger partial charge in [0.05, 0.1) is 19.4 Å². The molecule has 0 fully saturated rings. The smallest absolute Gasteiger partial charge is 0.273 e. The molecule has 0 aliphatic heterocycles. The molecule has 0 saturated heterocycles. The Morgan fingerprint density at radius 2 is 1.97 bits per heavy atom. The van der Waals surface area contributed by atoms with E-state index < -0.39 is 0 Å². The van der Waals surface area contributed by atoms with Gasteiger partial charge in [0.2, 0.25) is 5.91 Å². The number of benzene rings is 1. The lowest BCUT2D eigenvalue weighted by Crippen LogP contribution is -2.38. The van der Waals surface area contributed by atoms with Crippen LogP contribution < -0.4 is 15.4 Å². The van der Waals surface area contributed by atoms with E-state index in [1.54, 1.807) is 24.5 Å². The van der Waals surface area contributed by atoms with Gasteiger partial charge in [0, 0.05) is 38.5 Å². The number of hydrogen-bond acceptors (Lipinski definition) is 7. The van der Waals surface area contributed by atoms with Gasteiger partial charge in [-0.1, -0.05) is 26.0 Å². The van der Waals surface area contributed by atoms with Gasteiger partial charge in [0.1, 0.15) is 11.4 Å². The molecule has 9 heteroatoms. The molecule has 1 aromatic heterocycles. The molecule has 164 valence electrons. The molecule has 2 rings (SSSR count). The van der Waals surface area contributed by atoms with Crippen molar-refractivity contribution in [3.05, 3.63) is 35.3 Å².